The van der Waals surface area contributed by atoms with E-state index in [4.69, 9.17) is 5.73 Å². The Hall–Kier alpha value is -0.960. The molecule has 0 fully saturated rings. The van der Waals surface area contributed by atoms with E-state index in [0.717, 1.165) is 5.56 Å². The monoisotopic (exact) mass is 436 g/mol. The van der Waals surface area contributed by atoms with Crippen molar-refractivity contribution in [2.75, 3.05) is 4.72 Å². The minimum absolute atomic E-state index is 0.0835. The van der Waals surface area contributed by atoms with Gasteiger partial charge in [0, 0.05) is 11.0 Å². The van der Waals surface area contributed by atoms with Gasteiger partial charge in [-0.2, -0.15) is 0 Å². The van der Waals surface area contributed by atoms with Gasteiger partial charge in [-0.25, -0.2) is 12.8 Å². The summed E-state index contributed by atoms with van der Waals surface area (Å²) in [6.45, 7) is 0.317. The van der Waals surface area contributed by atoms with Crippen molar-refractivity contribution >= 4 is 47.6 Å². The molecule has 2 aromatic carbocycles. The van der Waals surface area contributed by atoms with Gasteiger partial charge in [0.25, 0.3) is 10.0 Å². The van der Waals surface area contributed by atoms with E-state index in [1.165, 1.54) is 24.3 Å². The maximum atomic E-state index is 13.2. The molecule has 0 aromatic heterocycles. The number of nitrogens with two attached hydrogens (primary N) is 1. The molecule has 3 N–H and O–H groups in total. The standard InChI is InChI=1S/C13H11Br2FN2O2S/c14-10-6-9(2-3-12(10)16)18-21(19,20)13-4-1-8(7-17)5-11(13)15/h1-6,18H,7,17H2. The van der Waals surface area contributed by atoms with Crippen LogP contribution in [0.5, 0.6) is 0 Å². The number of nitrogens with one attached hydrogen (secondary N) is 1. The molecule has 0 atom stereocenters. The van der Waals surface area contributed by atoms with Crippen LogP contribution in [0.3, 0.4) is 0 Å². The van der Waals surface area contributed by atoms with Gasteiger partial charge in [0.15, 0.2) is 0 Å². The zero-order valence-electron chi connectivity index (χ0n) is 10.6. The van der Waals surface area contributed by atoms with Gasteiger partial charge in [-0.15, -0.1) is 0 Å². The molecule has 112 valence electrons. The average Bonchev–Trinajstić information content (AvgIpc) is 2.42. The lowest BCUT2D eigenvalue weighted by atomic mass is 10.2. The van der Waals surface area contributed by atoms with Crippen LogP contribution in [0.25, 0.3) is 0 Å². The van der Waals surface area contributed by atoms with E-state index >= 15 is 0 Å². The highest BCUT2D eigenvalue weighted by Crippen LogP contribution is 2.27. The fourth-order valence-electron chi connectivity index (χ4n) is 1.66. The fraction of sp³-hybridized carbons (Fsp3) is 0.0769. The molecular formula is C13H11Br2FN2O2S. The average molecular weight is 438 g/mol. The van der Waals surface area contributed by atoms with Gasteiger partial charge in [-0.05, 0) is 67.8 Å². The van der Waals surface area contributed by atoms with Crippen molar-refractivity contribution in [1.29, 1.82) is 0 Å². The molecule has 0 saturated heterocycles. The molecule has 0 saturated carbocycles. The molecule has 4 nitrogen and oxygen atoms in total. The van der Waals surface area contributed by atoms with E-state index in [-0.39, 0.29) is 15.1 Å². The SMILES string of the molecule is NCc1ccc(S(=O)(=O)Nc2ccc(F)c(Br)c2)c(Br)c1. The summed E-state index contributed by atoms with van der Waals surface area (Å²) in [5, 5.41) is 0. The number of rotatable bonds is 4. The number of anilines is 1. The maximum absolute atomic E-state index is 13.2. The van der Waals surface area contributed by atoms with Gasteiger partial charge in [-0.1, -0.05) is 6.07 Å². The van der Waals surface area contributed by atoms with Crippen molar-refractivity contribution < 1.29 is 12.8 Å². The molecule has 21 heavy (non-hydrogen) atoms. The molecule has 0 radical (unpaired) electrons. The van der Waals surface area contributed by atoms with Gasteiger partial charge in [0.1, 0.15) is 10.7 Å². The third-order valence-corrected chi connectivity index (χ3v) is 5.66. The Bertz CT molecular complexity index is 782. The van der Waals surface area contributed by atoms with Gasteiger partial charge >= 0.3 is 0 Å². The lowest BCUT2D eigenvalue weighted by Crippen LogP contribution is -2.14. The lowest BCUT2D eigenvalue weighted by Gasteiger charge is -2.11. The summed E-state index contributed by atoms with van der Waals surface area (Å²) in [6, 6.07) is 8.63. The highest BCUT2D eigenvalue weighted by molar-refractivity contribution is 9.10. The molecular weight excluding hydrogens is 427 g/mol. The van der Waals surface area contributed by atoms with Crippen molar-refractivity contribution in [2.24, 2.45) is 5.73 Å². The second-order valence-electron chi connectivity index (χ2n) is 4.20. The first kappa shape index (κ1) is 16.4. The predicted molar refractivity (Wildman–Crippen MR) is 86.9 cm³/mol. The van der Waals surface area contributed by atoms with Crippen LogP contribution in [0.4, 0.5) is 10.1 Å². The Morgan fingerprint density at radius 2 is 1.81 bits per heavy atom. The van der Waals surface area contributed by atoms with Gasteiger partial charge in [0.05, 0.1) is 10.2 Å². The Labute approximate surface area is 138 Å². The summed E-state index contributed by atoms with van der Waals surface area (Å²) in [6.07, 6.45) is 0. The van der Waals surface area contributed by atoms with Gasteiger partial charge < -0.3 is 5.73 Å². The zero-order chi connectivity index (χ0) is 15.6. The summed E-state index contributed by atoms with van der Waals surface area (Å²) in [7, 11) is -3.78. The van der Waals surface area contributed by atoms with Crippen LogP contribution in [0.1, 0.15) is 5.56 Å². The molecule has 8 heteroatoms. The predicted octanol–water partition coefficient (Wildman–Crippen LogP) is 3.61. The summed E-state index contributed by atoms with van der Waals surface area (Å²) >= 11 is 6.23. The van der Waals surface area contributed by atoms with E-state index in [9.17, 15) is 12.8 Å². The molecule has 0 aliphatic heterocycles. The van der Waals surface area contributed by atoms with Gasteiger partial charge in [-0.3, -0.25) is 4.72 Å². The smallest absolute Gasteiger partial charge is 0.263 e. The second kappa shape index (κ2) is 6.43. The van der Waals surface area contributed by atoms with Crippen molar-refractivity contribution in [1.82, 2.24) is 0 Å². The molecule has 0 amide bonds. The van der Waals surface area contributed by atoms with Crippen LogP contribution in [0.15, 0.2) is 50.2 Å². The van der Waals surface area contributed by atoms with Crippen molar-refractivity contribution in [2.45, 2.75) is 11.4 Å². The van der Waals surface area contributed by atoms with E-state index in [2.05, 4.69) is 36.6 Å². The van der Waals surface area contributed by atoms with Crippen molar-refractivity contribution in [3.8, 4) is 0 Å². The second-order valence-corrected chi connectivity index (χ2v) is 7.56. The Kier molecular flexibility index (Phi) is 5.03. The zero-order valence-corrected chi connectivity index (χ0v) is 14.6. The minimum atomic E-state index is -3.78. The molecule has 0 unspecified atom stereocenters. The summed E-state index contributed by atoms with van der Waals surface area (Å²) in [4.78, 5) is 0.0835. The summed E-state index contributed by atoms with van der Waals surface area (Å²) < 4.78 is 40.8. The van der Waals surface area contributed by atoms with Crippen LogP contribution in [-0.2, 0) is 16.6 Å². The summed E-state index contributed by atoms with van der Waals surface area (Å²) in [5.41, 5.74) is 6.58. The first-order valence-corrected chi connectivity index (χ1v) is 8.87. The molecule has 2 aromatic rings. The van der Waals surface area contributed by atoms with Crippen LogP contribution < -0.4 is 10.5 Å². The highest BCUT2D eigenvalue weighted by Gasteiger charge is 2.18. The highest BCUT2D eigenvalue weighted by atomic mass is 79.9. The summed E-state index contributed by atoms with van der Waals surface area (Å²) in [5.74, 6) is -0.466. The Balaban J connectivity index is 2.36. The third kappa shape index (κ3) is 3.82. The topological polar surface area (TPSA) is 72.2 Å². The van der Waals surface area contributed by atoms with E-state index in [1.54, 1.807) is 12.1 Å². The fourth-order valence-corrected chi connectivity index (χ4v) is 4.21. The molecule has 0 bridgehead atoms. The van der Waals surface area contributed by atoms with E-state index < -0.39 is 15.8 Å². The first-order valence-electron chi connectivity index (χ1n) is 5.80. The number of halogens is 3. The van der Waals surface area contributed by atoms with E-state index in [0.29, 0.717) is 11.0 Å². The molecule has 0 aliphatic rings. The van der Waals surface area contributed by atoms with Gasteiger partial charge in [0.2, 0.25) is 0 Å². The van der Waals surface area contributed by atoms with Crippen molar-refractivity contribution in [3.05, 3.63) is 56.7 Å². The number of hydrogen-bond donors (Lipinski definition) is 2. The minimum Gasteiger partial charge on any atom is -0.326 e. The molecule has 2 rings (SSSR count). The van der Waals surface area contributed by atoms with Crippen molar-refractivity contribution in [3.63, 3.8) is 0 Å². The molecule has 0 aliphatic carbocycles. The number of benzene rings is 2. The van der Waals surface area contributed by atoms with E-state index in [1.807, 2.05) is 0 Å². The van der Waals surface area contributed by atoms with Crippen LogP contribution in [0, 0.1) is 5.82 Å². The third-order valence-electron chi connectivity index (χ3n) is 2.69. The lowest BCUT2D eigenvalue weighted by molar-refractivity contribution is 0.600. The van der Waals surface area contributed by atoms with Crippen LogP contribution in [-0.4, -0.2) is 8.42 Å². The Morgan fingerprint density at radius 3 is 2.38 bits per heavy atom. The quantitative estimate of drug-likeness (QED) is 0.767. The Morgan fingerprint density at radius 1 is 1.10 bits per heavy atom. The van der Waals surface area contributed by atoms with Crippen LogP contribution in [0.2, 0.25) is 0 Å². The number of hydrogen-bond acceptors (Lipinski definition) is 3. The number of sulfonamides is 1. The normalized spacial score (nSPS) is 11.4. The maximum Gasteiger partial charge on any atom is 0.263 e. The van der Waals surface area contributed by atoms with Crippen LogP contribution >= 0.6 is 31.9 Å². The molecule has 0 spiro atoms. The first-order chi connectivity index (χ1) is 9.83. The molecule has 0 heterocycles. The largest absolute Gasteiger partial charge is 0.326 e.